The molecule has 3 aromatic rings. The first-order valence-electron chi connectivity index (χ1n) is 8.85. The van der Waals surface area contributed by atoms with Crippen LogP contribution < -0.4 is 24.0 Å². The minimum Gasteiger partial charge on any atom is -1.00 e. The fourth-order valence-electron chi connectivity index (χ4n) is 5.05. The summed E-state index contributed by atoms with van der Waals surface area (Å²) in [5, 5.41) is 11.5. The number of quaternary nitrogens is 1. The Bertz CT molecular complexity index is 935. The molecule has 4 heteroatoms. The molecule has 3 heterocycles. The zero-order valence-corrected chi connectivity index (χ0v) is 16.5. The number of halogens is 1. The SMILES string of the molecule is C[N+]12CCc3ccccc3C1c1[nH]c3ccccc3c1C[C@@H]2CO.[I-]. The van der Waals surface area contributed by atoms with E-state index in [4.69, 9.17) is 0 Å². The van der Waals surface area contributed by atoms with Gasteiger partial charge in [-0.05, 0) is 17.2 Å². The second-order valence-electron chi connectivity index (χ2n) is 7.53. The Balaban J connectivity index is 0.00000157. The Labute approximate surface area is 165 Å². The van der Waals surface area contributed by atoms with Crippen LogP contribution in [-0.2, 0) is 12.8 Å². The average Bonchev–Trinajstić information content (AvgIpc) is 2.98. The van der Waals surface area contributed by atoms with Crippen molar-refractivity contribution in [3.63, 3.8) is 0 Å². The van der Waals surface area contributed by atoms with Crippen LogP contribution in [0.1, 0.15) is 28.4 Å². The fourth-order valence-corrected chi connectivity index (χ4v) is 5.05. The molecule has 0 radical (unpaired) electrons. The number of fused-ring (bicyclic) bond motifs is 7. The molecule has 2 unspecified atom stereocenters. The molecule has 5 rings (SSSR count). The molecule has 0 saturated carbocycles. The van der Waals surface area contributed by atoms with Crippen molar-refractivity contribution in [3.05, 3.63) is 70.9 Å². The minimum atomic E-state index is 0. The summed E-state index contributed by atoms with van der Waals surface area (Å²) in [5.41, 5.74) is 6.87. The van der Waals surface area contributed by atoms with Crippen molar-refractivity contribution in [1.82, 2.24) is 4.98 Å². The number of H-pyrrole nitrogens is 1. The highest BCUT2D eigenvalue weighted by atomic mass is 127. The molecule has 3 nitrogen and oxygen atoms in total. The van der Waals surface area contributed by atoms with Crippen LogP contribution in [0.3, 0.4) is 0 Å². The van der Waals surface area contributed by atoms with Gasteiger partial charge in [0.15, 0.2) is 6.04 Å². The maximum absolute atomic E-state index is 10.2. The molecular formula is C21H23IN2O. The minimum absolute atomic E-state index is 0. The Morgan fingerprint density at radius 3 is 2.72 bits per heavy atom. The van der Waals surface area contributed by atoms with Gasteiger partial charge in [-0.15, -0.1) is 0 Å². The molecule has 2 aliphatic rings. The molecule has 0 aliphatic carbocycles. The maximum Gasteiger partial charge on any atom is 0.156 e. The van der Waals surface area contributed by atoms with Crippen LogP contribution in [0, 0.1) is 0 Å². The Morgan fingerprint density at radius 1 is 1.12 bits per heavy atom. The second kappa shape index (κ2) is 6.11. The first kappa shape index (κ1) is 17.1. The molecule has 25 heavy (non-hydrogen) atoms. The van der Waals surface area contributed by atoms with E-state index in [-0.39, 0.29) is 36.6 Å². The summed E-state index contributed by atoms with van der Waals surface area (Å²) < 4.78 is 0.910. The number of rotatable bonds is 1. The number of aliphatic hydroxyl groups excluding tert-OH is 1. The highest BCUT2D eigenvalue weighted by Gasteiger charge is 2.50. The van der Waals surface area contributed by atoms with Gasteiger partial charge < -0.3 is 38.6 Å². The van der Waals surface area contributed by atoms with Crippen molar-refractivity contribution in [2.45, 2.75) is 24.9 Å². The fraction of sp³-hybridized carbons (Fsp3) is 0.333. The lowest BCUT2D eigenvalue weighted by atomic mass is 9.80. The van der Waals surface area contributed by atoms with Gasteiger partial charge in [0, 0.05) is 29.3 Å². The van der Waals surface area contributed by atoms with Crippen molar-refractivity contribution < 1.29 is 33.6 Å². The Morgan fingerprint density at radius 2 is 1.88 bits per heavy atom. The van der Waals surface area contributed by atoms with E-state index in [0.29, 0.717) is 6.04 Å². The van der Waals surface area contributed by atoms with Gasteiger partial charge in [-0.25, -0.2) is 0 Å². The smallest absolute Gasteiger partial charge is 0.156 e. The third-order valence-corrected chi connectivity index (χ3v) is 6.41. The van der Waals surface area contributed by atoms with Gasteiger partial charge in [0.25, 0.3) is 0 Å². The summed E-state index contributed by atoms with van der Waals surface area (Å²) in [6, 6.07) is 18.0. The van der Waals surface area contributed by atoms with E-state index in [2.05, 4.69) is 60.6 Å². The Kier molecular flexibility index (Phi) is 4.17. The monoisotopic (exact) mass is 446 g/mol. The normalized spacial score (nSPS) is 27.1. The van der Waals surface area contributed by atoms with E-state index < -0.39 is 0 Å². The lowest BCUT2D eigenvalue weighted by Crippen LogP contribution is -3.00. The molecule has 3 atom stereocenters. The standard InChI is InChI=1S/C21H23N2O.HI/c1-23-11-10-14-6-2-3-7-16(14)21(23)20-18(12-15(23)13-24)17-8-4-5-9-19(17)22-20;/h2-9,15,21-22,24H,10-13H2,1H3;1H/q+1;/p-1/t15-,21?,23?;/m1./s1. The molecular weight excluding hydrogens is 423 g/mol. The first-order chi connectivity index (χ1) is 11.7. The van der Waals surface area contributed by atoms with Crippen LogP contribution in [0.4, 0.5) is 0 Å². The van der Waals surface area contributed by atoms with E-state index in [0.717, 1.165) is 23.9 Å². The van der Waals surface area contributed by atoms with E-state index in [1.165, 1.54) is 33.3 Å². The number of nitrogens with zero attached hydrogens (tertiary/aromatic N) is 1. The number of aromatic nitrogens is 1. The summed E-state index contributed by atoms with van der Waals surface area (Å²) >= 11 is 0. The zero-order chi connectivity index (χ0) is 16.3. The van der Waals surface area contributed by atoms with Crippen LogP contribution in [0.15, 0.2) is 48.5 Å². The number of aromatic amines is 1. The van der Waals surface area contributed by atoms with Gasteiger partial charge in [-0.1, -0.05) is 42.5 Å². The first-order valence-corrected chi connectivity index (χ1v) is 8.85. The van der Waals surface area contributed by atoms with Gasteiger partial charge in [0.05, 0.1) is 25.9 Å². The zero-order valence-electron chi connectivity index (χ0n) is 14.4. The molecule has 0 bridgehead atoms. The van der Waals surface area contributed by atoms with Crippen LogP contribution in [0.2, 0.25) is 0 Å². The summed E-state index contributed by atoms with van der Waals surface area (Å²) in [6.07, 6.45) is 2.04. The predicted octanol–water partition coefficient (Wildman–Crippen LogP) is 0.181. The summed E-state index contributed by atoms with van der Waals surface area (Å²) in [4.78, 5) is 3.73. The molecule has 0 fully saturated rings. The van der Waals surface area contributed by atoms with Gasteiger partial charge in [-0.2, -0.15) is 0 Å². The third-order valence-electron chi connectivity index (χ3n) is 6.41. The Hall–Kier alpha value is -1.37. The number of likely N-dealkylation sites (N-methyl/N-ethyl adjacent to an activating group) is 1. The maximum atomic E-state index is 10.2. The van der Waals surface area contributed by atoms with Crippen LogP contribution >= 0.6 is 0 Å². The van der Waals surface area contributed by atoms with Crippen molar-refractivity contribution in [1.29, 1.82) is 0 Å². The largest absolute Gasteiger partial charge is 1.00 e. The van der Waals surface area contributed by atoms with E-state index in [1.54, 1.807) is 0 Å². The van der Waals surface area contributed by atoms with Gasteiger partial charge in [0.1, 0.15) is 6.04 Å². The third kappa shape index (κ3) is 2.31. The average molecular weight is 446 g/mol. The van der Waals surface area contributed by atoms with Crippen LogP contribution in [-0.4, -0.2) is 40.8 Å². The molecule has 0 saturated heterocycles. The molecule has 0 amide bonds. The number of hydrogen-bond acceptors (Lipinski definition) is 1. The van der Waals surface area contributed by atoms with E-state index >= 15 is 0 Å². The van der Waals surface area contributed by atoms with Crippen LogP contribution in [0.25, 0.3) is 10.9 Å². The van der Waals surface area contributed by atoms with E-state index in [9.17, 15) is 5.11 Å². The van der Waals surface area contributed by atoms with Crippen molar-refractivity contribution in [3.8, 4) is 0 Å². The second-order valence-corrected chi connectivity index (χ2v) is 7.53. The summed E-state index contributed by atoms with van der Waals surface area (Å²) in [7, 11) is 2.33. The molecule has 1 aromatic heterocycles. The summed E-state index contributed by atoms with van der Waals surface area (Å²) in [6.45, 7) is 1.33. The van der Waals surface area contributed by atoms with Crippen molar-refractivity contribution >= 4 is 10.9 Å². The van der Waals surface area contributed by atoms with Crippen molar-refractivity contribution in [2.24, 2.45) is 0 Å². The lowest BCUT2D eigenvalue weighted by Gasteiger charge is -2.52. The number of aliphatic hydroxyl groups is 1. The predicted molar refractivity (Wildman–Crippen MR) is 95.9 cm³/mol. The molecule has 2 aliphatic heterocycles. The number of benzene rings is 2. The quantitative estimate of drug-likeness (QED) is 0.406. The van der Waals surface area contributed by atoms with Crippen molar-refractivity contribution in [2.75, 3.05) is 20.2 Å². The molecule has 130 valence electrons. The van der Waals surface area contributed by atoms with E-state index in [1.807, 2.05) is 0 Å². The number of nitrogens with one attached hydrogen (secondary N) is 1. The molecule has 0 spiro atoms. The molecule has 2 N–H and O–H groups in total. The van der Waals surface area contributed by atoms with Gasteiger partial charge in [-0.3, -0.25) is 0 Å². The topological polar surface area (TPSA) is 36.0 Å². The lowest BCUT2D eigenvalue weighted by molar-refractivity contribution is -0.961. The van der Waals surface area contributed by atoms with Gasteiger partial charge in [0.2, 0.25) is 0 Å². The summed E-state index contributed by atoms with van der Waals surface area (Å²) in [5.74, 6) is 0. The highest BCUT2D eigenvalue weighted by Crippen LogP contribution is 2.47. The van der Waals surface area contributed by atoms with Gasteiger partial charge >= 0.3 is 0 Å². The highest BCUT2D eigenvalue weighted by molar-refractivity contribution is 5.85. The number of hydrogen-bond donors (Lipinski definition) is 2. The van der Waals surface area contributed by atoms with Crippen LogP contribution in [0.5, 0.6) is 0 Å². The molecule has 2 aromatic carbocycles. The number of para-hydroxylation sites is 1.